The predicted octanol–water partition coefficient (Wildman–Crippen LogP) is 1.45. The van der Waals surface area contributed by atoms with Gasteiger partial charge in [-0.2, -0.15) is 0 Å². The number of carbonyl (C=O) groups is 2. The van der Waals surface area contributed by atoms with E-state index in [1.807, 2.05) is 13.8 Å². The van der Waals surface area contributed by atoms with E-state index in [4.69, 9.17) is 0 Å². The van der Waals surface area contributed by atoms with Crippen LogP contribution in [0.1, 0.15) is 52.4 Å². The van der Waals surface area contributed by atoms with Crippen LogP contribution < -0.4 is 5.32 Å². The van der Waals surface area contributed by atoms with Crippen LogP contribution >= 0.6 is 0 Å². The van der Waals surface area contributed by atoms with Gasteiger partial charge in [0.25, 0.3) is 0 Å². The molecule has 0 spiro atoms. The molecule has 2 fully saturated rings. The molecule has 2 amide bonds. The van der Waals surface area contributed by atoms with E-state index in [0.717, 1.165) is 19.4 Å². The molecule has 4 heteroatoms. The minimum atomic E-state index is -0.641. The highest BCUT2D eigenvalue weighted by molar-refractivity contribution is 5.93. The van der Waals surface area contributed by atoms with E-state index in [2.05, 4.69) is 5.32 Å². The summed E-state index contributed by atoms with van der Waals surface area (Å²) in [6, 6.07) is 0.324. The maximum atomic E-state index is 12.3. The average molecular weight is 238 g/mol. The summed E-state index contributed by atoms with van der Waals surface area (Å²) in [5, 5.41) is 3.11. The van der Waals surface area contributed by atoms with Crippen molar-refractivity contribution in [3.8, 4) is 0 Å². The maximum absolute atomic E-state index is 12.3. The Morgan fingerprint density at radius 2 is 2.12 bits per heavy atom. The number of likely N-dealkylation sites (tertiary alicyclic amines) is 1. The van der Waals surface area contributed by atoms with Crippen molar-refractivity contribution in [2.45, 2.75) is 64.0 Å². The molecule has 2 rings (SSSR count). The molecule has 17 heavy (non-hydrogen) atoms. The largest absolute Gasteiger partial charge is 0.351 e. The molecule has 0 bridgehead atoms. The summed E-state index contributed by atoms with van der Waals surface area (Å²) in [5.74, 6) is 0.135. The normalized spacial score (nSPS) is 24.4. The van der Waals surface area contributed by atoms with Gasteiger partial charge in [-0.1, -0.05) is 19.8 Å². The summed E-state index contributed by atoms with van der Waals surface area (Å²) in [7, 11) is 0. The highest BCUT2D eigenvalue weighted by atomic mass is 16.2. The molecular formula is C13H22N2O2. The highest BCUT2D eigenvalue weighted by Gasteiger charge is 2.45. The lowest BCUT2D eigenvalue weighted by Gasteiger charge is -2.45. The van der Waals surface area contributed by atoms with Crippen LogP contribution in [0.3, 0.4) is 0 Å². The van der Waals surface area contributed by atoms with E-state index in [-0.39, 0.29) is 11.8 Å². The molecule has 0 radical (unpaired) electrons. The van der Waals surface area contributed by atoms with Gasteiger partial charge in [-0.25, -0.2) is 0 Å². The van der Waals surface area contributed by atoms with E-state index in [1.165, 1.54) is 12.8 Å². The minimum absolute atomic E-state index is 0.0277. The van der Waals surface area contributed by atoms with Crippen molar-refractivity contribution >= 4 is 11.8 Å². The molecule has 1 saturated carbocycles. The van der Waals surface area contributed by atoms with E-state index in [9.17, 15) is 9.59 Å². The van der Waals surface area contributed by atoms with Gasteiger partial charge in [-0.05, 0) is 26.2 Å². The number of carbonyl (C=O) groups excluding carboxylic acids is 2. The molecule has 1 aliphatic carbocycles. The lowest BCUT2D eigenvalue weighted by atomic mass is 9.91. The lowest BCUT2D eigenvalue weighted by Crippen LogP contribution is -2.64. The SMILES string of the molecule is CCC(C)(C(=O)NC1CCCC1)N1CCC1=O. The summed E-state index contributed by atoms with van der Waals surface area (Å²) in [6.45, 7) is 4.58. The van der Waals surface area contributed by atoms with Crippen molar-refractivity contribution in [1.82, 2.24) is 10.2 Å². The first-order valence-electron chi connectivity index (χ1n) is 6.69. The number of β-lactam (4-membered cyclic amide) rings is 1. The van der Waals surface area contributed by atoms with Gasteiger partial charge in [0, 0.05) is 19.0 Å². The summed E-state index contributed by atoms with van der Waals surface area (Å²) >= 11 is 0. The third-order valence-electron chi connectivity index (χ3n) is 4.31. The van der Waals surface area contributed by atoms with Gasteiger partial charge >= 0.3 is 0 Å². The monoisotopic (exact) mass is 238 g/mol. The van der Waals surface area contributed by atoms with Crippen molar-refractivity contribution in [1.29, 1.82) is 0 Å². The van der Waals surface area contributed by atoms with Gasteiger partial charge in [0.15, 0.2) is 0 Å². The van der Waals surface area contributed by atoms with Crippen LogP contribution in [0.15, 0.2) is 0 Å². The fraction of sp³-hybridized carbons (Fsp3) is 0.846. The second-order valence-electron chi connectivity index (χ2n) is 5.38. The first-order chi connectivity index (χ1) is 8.08. The molecule has 1 aliphatic heterocycles. The Bertz CT molecular complexity index is 323. The summed E-state index contributed by atoms with van der Waals surface area (Å²) in [5.41, 5.74) is -0.641. The van der Waals surface area contributed by atoms with Gasteiger partial charge in [0.1, 0.15) is 5.54 Å². The van der Waals surface area contributed by atoms with Gasteiger partial charge in [-0.15, -0.1) is 0 Å². The second kappa shape index (κ2) is 4.67. The van der Waals surface area contributed by atoms with Crippen molar-refractivity contribution in [3.63, 3.8) is 0 Å². The number of hydrogen-bond donors (Lipinski definition) is 1. The molecule has 96 valence electrons. The zero-order chi connectivity index (χ0) is 12.5. The third-order valence-corrected chi connectivity index (χ3v) is 4.31. The summed E-state index contributed by atoms with van der Waals surface area (Å²) < 4.78 is 0. The highest BCUT2D eigenvalue weighted by Crippen LogP contribution is 2.27. The predicted molar refractivity (Wildman–Crippen MR) is 65.4 cm³/mol. The Balaban J connectivity index is 2.00. The topological polar surface area (TPSA) is 49.4 Å². The maximum Gasteiger partial charge on any atom is 0.245 e. The zero-order valence-corrected chi connectivity index (χ0v) is 10.8. The van der Waals surface area contributed by atoms with E-state index in [0.29, 0.717) is 18.9 Å². The van der Waals surface area contributed by atoms with Gasteiger partial charge in [0.05, 0.1) is 0 Å². The molecule has 1 unspecified atom stereocenters. The van der Waals surface area contributed by atoms with Crippen LogP contribution in [0.25, 0.3) is 0 Å². The molecule has 1 saturated heterocycles. The van der Waals surface area contributed by atoms with Crippen molar-refractivity contribution in [2.75, 3.05) is 6.54 Å². The number of nitrogens with one attached hydrogen (secondary N) is 1. The summed E-state index contributed by atoms with van der Waals surface area (Å²) in [6.07, 6.45) is 5.84. The third kappa shape index (κ3) is 2.17. The number of amides is 2. The zero-order valence-electron chi connectivity index (χ0n) is 10.8. The fourth-order valence-electron chi connectivity index (χ4n) is 2.72. The molecule has 1 heterocycles. The van der Waals surface area contributed by atoms with Crippen molar-refractivity contribution < 1.29 is 9.59 Å². The number of nitrogens with zero attached hydrogens (tertiary/aromatic N) is 1. The molecule has 2 aliphatic rings. The van der Waals surface area contributed by atoms with Crippen LogP contribution in [-0.2, 0) is 9.59 Å². The first-order valence-corrected chi connectivity index (χ1v) is 6.69. The Morgan fingerprint density at radius 1 is 1.47 bits per heavy atom. The van der Waals surface area contributed by atoms with Crippen LogP contribution in [0.4, 0.5) is 0 Å². The number of hydrogen-bond acceptors (Lipinski definition) is 2. The van der Waals surface area contributed by atoms with E-state index in [1.54, 1.807) is 4.90 Å². The molecule has 0 aromatic carbocycles. The Kier molecular flexibility index (Phi) is 3.40. The lowest BCUT2D eigenvalue weighted by molar-refractivity contribution is -0.156. The quantitative estimate of drug-likeness (QED) is 0.754. The minimum Gasteiger partial charge on any atom is -0.351 e. The van der Waals surface area contributed by atoms with Crippen LogP contribution in [-0.4, -0.2) is 34.8 Å². The van der Waals surface area contributed by atoms with Crippen molar-refractivity contribution in [2.24, 2.45) is 0 Å². The molecular weight excluding hydrogens is 216 g/mol. The fourth-order valence-corrected chi connectivity index (χ4v) is 2.72. The average Bonchev–Trinajstić information content (AvgIpc) is 2.79. The van der Waals surface area contributed by atoms with Gasteiger partial charge in [-0.3, -0.25) is 9.59 Å². The first kappa shape index (κ1) is 12.4. The second-order valence-corrected chi connectivity index (χ2v) is 5.38. The van der Waals surface area contributed by atoms with Crippen LogP contribution in [0.2, 0.25) is 0 Å². The molecule has 1 atom stereocenters. The molecule has 0 aromatic rings. The van der Waals surface area contributed by atoms with E-state index < -0.39 is 5.54 Å². The van der Waals surface area contributed by atoms with Crippen molar-refractivity contribution in [3.05, 3.63) is 0 Å². The smallest absolute Gasteiger partial charge is 0.245 e. The summed E-state index contributed by atoms with van der Waals surface area (Å²) in [4.78, 5) is 25.6. The Labute approximate surface area is 103 Å². The van der Waals surface area contributed by atoms with Gasteiger partial charge in [0.2, 0.25) is 11.8 Å². The standard InChI is InChI=1S/C13H22N2O2/c1-3-13(2,15-9-8-11(15)16)12(17)14-10-6-4-5-7-10/h10H,3-9H2,1-2H3,(H,14,17). The Hall–Kier alpha value is -1.06. The number of rotatable bonds is 4. The van der Waals surface area contributed by atoms with Gasteiger partial charge < -0.3 is 10.2 Å². The molecule has 4 nitrogen and oxygen atoms in total. The Morgan fingerprint density at radius 3 is 2.53 bits per heavy atom. The molecule has 1 N–H and O–H groups in total. The molecule has 0 aromatic heterocycles. The van der Waals surface area contributed by atoms with Crippen LogP contribution in [0, 0.1) is 0 Å². The van der Waals surface area contributed by atoms with Crippen LogP contribution in [0.5, 0.6) is 0 Å². The van der Waals surface area contributed by atoms with E-state index >= 15 is 0 Å².